The molecule has 0 aromatic heterocycles. The average molecular weight is 775 g/mol. The molecule has 10 rings (SSSR count). The van der Waals surface area contributed by atoms with Crippen LogP contribution in [0.4, 0.5) is 0 Å². The lowest BCUT2D eigenvalue weighted by atomic mass is 9.70. The van der Waals surface area contributed by atoms with Gasteiger partial charge in [0.05, 0.1) is 7.11 Å². The minimum absolute atomic E-state index is 0.754. The van der Waals surface area contributed by atoms with Crippen LogP contribution in [0.2, 0.25) is 0 Å². The van der Waals surface area contributed by atoms with Gasteiger partial charge in [0, 0.05) is 27.8 Å². The quantitative estimate of drug-likeness (QED) is 0.162. The predicted octanol–water partition coefficient (Wildman–Crippen LogP) is 12.4. The lowest BCUT2D eigenvalue weighted by Crippen LogP contribution is -2.26. The van der Waals surface area contributed by atoms with E-state index in [1.807, 2.05) is 48.5 Å². The third-order valence-electron chi connectivity index (χ3n) is 12.3. The topological polar surface area (TPSA) is 9.23 Å². The molecule has 8 aromatic rings. The number of benzene rings is 8. The van der Waals surface area contributed by atoms with Crippen LogP contribution in [0.3, 0.4) is 0 Å². The number of hydrogen-bond donors (Lipinski definition) is 0. The van der Waals surface area contributed by atoms with Crippen LogP contribution in [0.15, 0.2) is 182 Å². The van der Waals surface area contributed by atoms with Gasteiger partial charge in [-0.25, -0.2) is 0 Å². The molecular formula is C60H38O. The molecule has 0 radical (unpaired) electrons. The highest BCUT2D eigenvalue weighted by Crippen LogP contribution is 2.56. The van der Waals surface area contributed by atoms with E-state index < -0.39 is 10.8 Å². The van der Waals surface area contributed by atoms with Crippen molar-refractivity contribution in [2.45, 2.75) is 17.8 Å². The molecule has 2 aliphatic rings. The Morgan fingerprint density at radius 1 is 0.393 bits per heavy atom. The van der Waals surface area contributed by atoms with Crippen LogP contribution < -0.4 is 4.74 Å². The fourth-order valence-corrected chi connectivity index (χ4v) is 9.55. The summed E-state index contributed by atoms with van der Waals surface area (Å²) >= 11 is 0. The molecule has 0 atom stereocenters. The summed E-state index contributed by atoms with van der Waals surface area (Å²) in [5.74, 6) is 21.2. The van der Waals surface area contributed by atoms with Crippen molar-refractivity contribution in [1.29, 1.82) is 0 Å². The minimum atomic E-state index is -0.864. The Morgan fingerprint density at radius 2 is 0.787 bits per heavy atom. The molecule has 284 valence electrons. The van der Waals surface area contributed by atoms with Gasteiger partial charge in [0.2, 0.25) is 0 Å². The van der Waals surface area contributed by atoms with E-state index in [-0.39, 0.29) is 0 Å². The van der Waals surface area contributed by atoms with E-state index in [1.165, 1.54) is 11.1 Å². The number of hydrogen-bond acceptors (Lipinski definition) is 1. The van der Waals surface area contributed by atoms with E-state index in [1.54, 1.807) is 7.11 Å². The monoisotopic (exact) mass is 774 g/mol. The number of aryl methyl sites for hydroxylation is 1. The van der Waals surface area contributed by atoms with Gasteiger partial charge in [0.15, 0.2) is 0 Å². The zero-order chi connectivity index (χ0) is 41.6. The van der Waals surface area contributed by atoms with Crippen molar-refractivity contribution in [3.05, 3.63) is 243 Å². The molecule has 0 bridgehead atoms. The molecule has 0 aliphatic heterocycles. The van der Waals surface area contributed by atoms with Crippen molar-refractivity contribution in [1.82, 2.24) is 0 Å². The summed E-state index contributed by atoms with van der Waals surface area (Å²) in [5, 5.41) is 0. The van der Waals surface area contributed by atoms with Gasteiger partial charge < -0.3 is 4.74 Å². The largest absolute Gasteiger partial charge is 0.496 e. The van der Waals surface area contributed by atoms with Crippen molar-refractivity contribution in [2.75, 3.05) is 7.11 Å². The minimum Gasteiger partial charge on any atom is -0.496 e. The lowest BCUT2D eigenvalue weighted by Gasteiger charge is -2.30. The number of fused-ring (bicyclic) bond motifs is 6. The fraction of sp³-hybridized carbons (Fsp3) is 0.0667. The predicted molar refractivity (Wildman–Crippen MR) is 249 cm³/mol. The van der Waals surface area contributed by atoms with E-state index in [9.17, 15) is 0 Å². The first-order valence-corrected chi connectivity index (χ1v) is 20.4. The van der Waals surface area contributed by atoms with Gasteiger partial charge in [-0.05, 0) is 128 Å². The molecule has 0 fully saturated rings. The number of terminal acetylenes is 2. The van der Waals surface area contributed by atoms with E-state index >= 15 is 0 Å². The Bertz CT molecular complexity index is 3210. The van der Waals surface area contributed by atoms with Crippen LogP contribution in [0.1, 0.15) is 61.2 Å². The van der Waals surface area contributed by atoms with Gasteiger partial charge in [0.25, 0.3) is 0 Å². The number of ether oxygens (including phenoxy) is 1. The Morgan fingerprint density at radius 3 is 1.23 bits per heavy atom. The van der Waals surface area contributed by atoms with Gasteiger partial charge >= 0.3 is 0 Å². The van der Waals surface area contributed by atoms with E-state index in [0.717, 1.165) is 89.2 Å². The summed E-state index contributed by atoms with van der Waals surface area (Å²) in [6, 6.07) is 63.7. The summed E-state index contributed by atoms with van der Waals surface area (Å²) in [5.41, 5.74) is 16.3. The molecule has 61 heavy (non-hydrogen) atoms. The smallest absolute Gasteiger partial charge is 0.124 e. The van der Waals surface area contributed by atoms with E-state index in [2.05, 4.69) is 176 Å². The molecule has 0 unspecified atom stereocenters. The average Bonchev–Trinajstić information content (AvgIpc) is 3.78. The molecule has 1 heteroatoms. The first-order chi connectivity index (χ1) is 30.0. The van der Waals surface area contributed by atoms with E-state index in [4.69, 9.17) is 17.6 Å². The zero-order valence-corrected chi connectivity index (χ0v) is 33.9. The Labute approximate surface area is 358 Å². The van der Waals surface area contributed by atoms with Crippen molar-refractivity contribution < 1.29 is 4.74 Å². The standard InChI is InChI=1S/C60H38O/c1-5-42-17-15-19-44(37-42)33-35-59(52-25-11-7-21-48(52)49-22-8-12-26-53(49)59)56-39-46(30-29-41(56)3)47-31-32-58(61-4)57(40-47)60(36-34-45-20-16-18-43(6-2)38-45)54-27-13-9-23-50(54)51-24-10-14-28-55(51)60/h1-2,7-32,37-40H,3-4H3. The van der Waals surface area contributed by atoms with Crippen molar-refractivity contribution in [2.24, 2.45) is 0 Å². The summed E-state index contributed by atoms with van der Waals surface area (Å²) in [7, 11) is 1.74. The van der Waals surface area contributed by atoms with Crippen LogP contribution in [-0.4, -0.2) is 7.11 Å². The molecule has 8 aromatic carbocycles. The van der Waals surface area contributed by atoms with Crippen molar-refractivity contribution in [3.8, 4) is 87.5 Å². The zero-order valence-electron chi connectivity index (χ0n) is 33.9. The van der Waals surface area contributed by atoms with Crippen molar-refractivity contribution >= 4 is 0 Å². The second kappa shape index (κ2) is 14.9. The lowest BCUT2D eigenvalue weighted by molar-refractivity contribution is 0.406. The van der Waals surface area contributed by atoms with Crippen molar-refractivity contribution in [3.63, 3.8) is 0 Å². The first kappa shape index (κ1) is 37.1. The number of methoxy groups -OCH3 is 1. The molecule has 0 saturated heterocycles. The third kappa shape index (κ3) is 5.88. The molecule has 1 nitrogen and oxygen atoms in total. The van der Waals surface area contributed by atoms with Crippen LogP contribution in [0.5, 0.6) is 5.75 Å². The van der Waals surface area contributed by atoms with Crippen LogP contribution in [-0.2, 0) is 10.8 Å². The highest BCUT2D eigenvalue weighted by atomic mass is 16.5. The molecule has 0 heterocycles. The Balaban J connectivity index is 1.22. The SMILES string of the molecule is C#Cc1cccc(C#CC2(c3cc(-c4ccc(OC)c(C5(C#Cc6cccc(C#C)c6)c6ccccc6-c6ccccc65)c4)ccc3C)c3ccccc3-c3ccccc32)c1. The summed E-state index contributed by atoms with van der Waals surface area (Å²) in [6.07, 6.45) is 11.7. The van der Waals surface area contributed by atoms with Gasteiger partial charge in [-0.15, -0.1) is 12.8 Å². The van der Waals surface area contributed by atoms with Gasteiger partial charge in [-0.2, -0.15) is 0 Å². The molecule has 2 aliphatic carbocycles. The van der Waals surface area contributed by atoms with E-state index in [0.29, 0.717) is 0 Å². The maximum Gasteiger partial charge on any atom is 0.124 e. The second-order valence-electron chi connectivity index (χ2n) is 15.6. The van der Waals surface area contributed by atoms with Crippen LogP contribution in [0.25, 0.3) is 33.4 Å². The fourth-order valence-electron chi connectivity index (χ4n) is 9.55. The highest BCUT2D eigenvalue weighted by Gasteiger charge is 2.46. The van der Waals surface area contributed by atoms with Gasteiger partial charge in [0.1, 0.15) is 16.6 Å². The maximum absolute atomic E-state index is 6.28. The van der Waals surface area contributed by atoms with Gasteiger partial charge in [-0.1, -0.05) is 163 Å². The molecule has 0 saturated carbocycles. The summed E-state index contributed by atoms with van der Waals surface area (Å²) in [6.45, 7) is 2.19. The normalized spacial score (nSPS) is 13.0. The second-order valence-corrected chi connectivity index (χ2v) is 15.6. The summed E-state index contributed by atoms with van der Waals surface area (Å²) in [4.78, 5) is 0. The highest BCUT2D eigenvalue weighted by molar-refractivity contribution is 5.89. The maximum atomic E-state index is 6.28. The van der Waals surface area contributed by atoms with Crippen LogP contribution in [0, 0.1) is 55.3 Å². The summed E-state index contributed by atoms with van der Waals surface area (Å²) < 4.78 is 6.28. The molecular weight excluding hydrogens is 737 g/mol. The van der Waals surface area contributed by atoms with Gasteiger partial charge in [-0.3, -0.25) is 0 Å². The Hall–Kier alpha value is -8.20. The third-order valence-corrected chi connectivity index (χ3v) is 12.3. The number of rotatable bonds is 4. The molecule has 0 amide bonds. The Kier molecular flexibility index (Phi) is 9.05. The first-order valence-electron chi connectivity index (χ1n) is 20.4. The molecule has 0 spiro atoms. The molecule has 0 N–H and O–H groups in total. The van der Waals surface area contributed by atoms with Crippen LogP contribution >= 0.6 is 0 Å².